The molecule has 0 aromatic heterocycles. The van der Waals surface area contributed by atoms with Crippen molar-refractivity contribution in [3.8, 4) is 0 Å². The maximum absolute atomic E-state index is 13.6. The van der Waals surface area contributed by atoms with E-state index in [9.17, 15) is 42.9 Å². The molecule has 2 aromatic carbocycles. The molecule has 0 radical (unpaired) electrons. The minimum atomic E-state index is -1.28. The van der Waals surface area contributed by atoms with Crippen LogP contribution in [0.4, 0.5) is 17.6 Å². The van der Waals surface area contributed by atoms with E-state index >= 15 is 0 Å². The van der Waals surface area contributed by atoms with Crippen molar-refractivity contribution in [2.45, 2.75) is 49.8 Å². The third-order valence-electron chi connectivity index (χ3n) is 5.48. The lowest BCUT2D eigenvalue weighted by Gasteiger charge is -2.29. The molecule has 9 nitrogen and oxygen atoms in total. The number of rotatable bonds is 4. The second kappa shape index (κ2) is 11.2. The molecule has 0 saturated carbocycles. The Bertz CT molecular complexity index is 1120. The number of hydrogen-bond acceptors (Lipinski definition) is 7. The summed E-state index contributed by atoms with van der Waals surface area (Å²) in [5.41, 5.74) is -0.369. The van der Waals surface area contributed by atoms with Crippen LogP contribution in [-0.2, 0) is 9.47 Å². The summed E-state index contributed by atoms with van der Waals surface area (Å²) < 4.78 is 63.2. The van der Waals surface area contributed by atoms with E-state index in [2.05, 4.69) is 0 Å². The number of hydrogen-bond donors (Lipinski definition) is 1. The Kier molecular flexibility index (Phi) is 8.35. The maximum Gasteiger partial charge on any atom is 0.257 e. The third kappa shape index (κ3) is 6.31. The van der Waals surface area contributed by atoms with Crippen LogP contribution in [0.25, 0.3) is 0 Å². The zero-order chi connectivity index (χ0) is 25.7. The smallest absolute Gasteiger partial charge is 0.257 e. The van der Waals surface area contributed by atoms with Crippen molar-refractivity contribution < 1.29 is 42.0 Å². The van der Waals surface area contributed by atoms with E-state index in [0.29, 0.717) is 0 Å². The Balaban J connectivity index is 0.000000196. The predicted molar refractivity (Wildman–Crippen MR) is 111 cm³/mol. The molecule has 1 N–H and O–H groups in total. The lowest BCUT2D eigenvalue weighted by molar-refractivity contribution is -0.547. The normalized spacial score (nSPS) is 25.7. The van der Waals surface area contributed by atoms with Gasteiger partial charge in [-0.2, -0.15) is 0 Å². The second-order valence-electron chi connectivity index (χ2n) is 7.79. The van der Waals surface area contributed by atoms with Gasteiger partial charge in [0, 0.05) is 40.2 Å². The summed E-state index contributed by atoms with van der Waals surface area (Å²) in [7, 11) is 0. The lowest BCUT2D eigenvalue weighted by atomic mass is 9.95. The fourth-order valence-corrected chi connectivity index (χ4v) is 3.78. The summed E-state index contributed by atoms with van der Waals surface area (Å²) in [5.74, 6) is -2.86. The second-order valence-corrected chi connectivity index (χ2v) is 7.79. The van der Waals surface area contributed by atoms with Gasteiger partial charge in [0.15, 0.2) is 18.5 Å². The molecule has 2 aliphatic rings. The van der Waals surface area contributed by atoms with Gasteiger partial charge in [-0.05, 0) is 42.5 Å². The summed E-state index contributed by atoms with van der Waals surface area (Å²) in [4.78, 5) is 20.5. The number of aliphatic hydroxyl groups is 1. The number of ether oxygens (including phenoxy) is 2. The Morgan fingerprint density at radius 3 is 1.91 bits per heavy atom. The van der Waals surface area contributed by atoms with Crippen LogP contribution in [0, 0.1) is 43.5 Å². The highest BCUT2D eigenvalue weighted by Gasteiger charge is 2.41. The van der Waals surface area contributed by atoms with E-state index < -0.39 is 63.7 Å². The van der Waals surface area contributed by atoms with Crippen molar-refractivity contribution in [3.63, 3.8) is 0 Å². The predicted octanol–water partition coefficient (Wildman–Crippen LogP) is 4.37. The topological polar surface area (TPSA) is 125 Å². The van der Waals surface area contributed by atoms with Crippen molar-refractivity contribution in [2.24, 2.45) is 0 Å². The molecular weight excluding hydrogens is 480 g/mol. The molecule has 2 aromatic rings. The Morgan fingerprint density at radius 2 is 1.37 bits per heavy atom. The zero-order valence-corrected chi connectivity index (χ0v) is 17.9. The van der Waals surface area contributed by atoms with Gasteiger partial charge in [0.05, 0.1) is 6.26 Å². The average Bonchev–Trinajstić information content (AvgIpc) is 2.82. The van der Waals surface area contributed by atoms with Crippen LogP contribution in [-0.4, -0.2) is 33.3 Å². The van der Waals surface area contributed by atoms with Gasteiger partial charge in [0.2, 0.25) is 6.04 Å². The summed E-state index contributed by atoms with van der Waals surface area (Å²) in [6.45, 7) is 0. The minimum absolute atomic E-state index is 0.0504. The van der Waals surface area contributed by atoms with Crippen LogP contribution in [0.1, 0.15) is 42.6 Å². The average molecular weight is 500 g/mol. The van der Waals surface area contributed by atoms with Gasteiger partial charge < -0.3 is 14.6 Å². The molecule has 1 fully saturated rings. The molecule has 0 amide bonds. The van der Waals surface area contributed by atoms with E-state index in [1.165, 1.54) is 12.3 Å². The molecule has 13 heteroatoms. The first-order valence-corrected chi connectivity index (χ1v) is 10.4. The highest BCUT2D eigenvalue weighted by molar-refractivity contribution is 5.24. The van der Waals surface area contributed by atoms with Gasteiger partial charge in [-0.1, -0.05) is 0 Å². The summed E-state index contributed by atoms with van der Waals surface area (Å²) in [5, 5.41) is 31.0. The molecule has 0 aliphatic carbocycles. The van der Waals surface area contributed by atoms with Crippen molar-refractivity contribution >= 4 is 0 Å². The molecule has 35 heavy (non-hydrogen) atoms. The van der Waals surface area contributed by atoms with Crippen LogP contribution < -0.4 is 0 Å². The molecular formula is C22H20F4N2O7. The van der Waals surface area contributed by atoms with E-state index in [1.54, 1.807) is 0 Å². The molecule has 4 rings (SSSR count). The van der Waals surface area contributed by atoms with E-state index in [1.807, 2.05) is 0 Å². The number of aliphatic hydroxyl groups excluding tert-OH is 1. The van der Waals surface area contributed by atoms with Crippen molar-refractivity contribution in [3.05, 3.63) is 103 Å². The highest BCUT2D eigenvalue weighted by Crippen LogP contribution is 2.34. The van der Waals surface area contributed by atoms with E-state index in [0.717, 1.165) is 36.4 Å². The van der Waals surface area contributed by atoms with E-state index in [4.69, 9.17) is 9.47 Å². The van der Waals surface area contributed by atoms with Gasteiger partial charge in [-0.15, -0.1) is 0 Å². The molecule has 2 aliphatic heterocycles. The SMILES string of the molecule is O=[N+]([O-])C1CC=CO[C@@H]1c1cc(F)ccc1F.O=[N+]([O-])C1CCC(O)O[C@@H]1c1cc(F)ccc1F. The van der Waals surface area contributed by atoms with Crippen LogP contribution in [0.15, 0.2) is 48.7 Å². The van der Waals surface area contributed by atoms with Gasteiger partial charge in [-0.3, -0.25) is 20.2 Å². The quantitative estimate of drug-likeness (QED) is 0.376. The van der Waals surface area contributed by atoms with Crippen LogP contribution in [0.2, 0.25) is 0 Å². The molecule has 2 heterocycles. The standard InChI is InChI=1S/C11H11F2NO4.C11H9F2NO3/c12-6-1-2-8(13)7(5-6)11-9(14(16)17)3-4-10(15)18-11;12-7-3-4-9(13)8(6-7)11-10(14(15)16)2-1-5-17-11/h1-2,5,9-11,15H,3-4H2;1,3-6,10-11H,2H2/t9?,10?,11-;10?,11-/m11/s1. The Morgan fingerprint density at radius 1 is 0.829 bits per heavy atom. The fraction of sp³-hybridized carbons (Fsp3) is 0.364. The third-order valence-corrected chi connectivity index (χ3v) is 5.48. The first-order chi connectivity index (χ1) is 16.6. The minimum Gasteiger partial charge on any atom is -0.486 e. The van der Waals surface area contributed by atoms with Crippen LogP contribution in [0.3, 0.4) is 0 Å². The van der Waals surface area contributed by atoms with Crippen molar-refractivity contribution in [1.82, 2.24) is 0 Å². The molecule has 1 saturated heterocycles. The number of nitro groups is 2. The summed E-state index contributed by atoms with van der Waals surface area (Å²) >= 11 is 0. The lowest BCUT2D eigenvalue weighted by Crippen LogP contribution is -2.38. The molecule has 0 spiro atoms. The first kappa shape index (κ1) is 26.0. The zero-order valence-electron chi connectivity index (χ0n) is 17.9. The fourth-order valence-electron chi connectivity index (χ4n) is 3.78. The summed E-state index contributed by atoms with van der Waals surface area (Å²) in [6.07, 6.45) is -0.531. The van der Waals surface area contributed by atoms with E-state index in [-0.39, 0.29) is 30.4 Å². The Hall–Kier alpha value is -3.58. The van der Waals surface area contributed by atoms with Gasteiger partial charge >= 0.3 is 0 Å². The van der Waals surface area contributed by atoms with Crippen molar-refractivity contribution in [1.29, 1.82) is 0 Å². The molecule has 3 unspecified atom stereocenters. The number of nitrogens with zero attached hydrogens (tertiary/aromatic N) is 2. The van der Waals surface area contributed by atoms with Crippen LogP contribution in [0.5, 0.6) is 0 Å². The van der Waals surface area contributed by atoms with Gasteiger partial charge in [-0.25, -0.2) is 17.6 Å². The van der Waals surface area contributed by atoms with Gasteiger partial charge in [0.1, 0.15) is 23.3 Å². The first-order valence-electron chi connectivity index (χ1n) is 10.4. The maximum atomic E-state index is 13.6. The monoisotopic (exact) mass is 500 g/mol. The van der Waals surface area contributed by atoms with Crippen LogP contribution >= 0.6 is 0 Å². The number of halogens is 4. The Labute approximate surface area is 195 Å². The largest absolute Gasteiger partial charge is 0.486 e. The van der Waals surface area contributed by atoms with Crippen molar-refractivity contribution in [2.75, 3.05) is 0 Å². The molecule has 5 atom stereocenters. The molecule has 188 valence electrons. The highest BCUT2D eigenvalue weighted by atomic mass is 19.1. The summed E-state index contributed by atoms with van der Waals surface area (Å²) in [6, 6.07) is 3.18. The molecule has 0 bridgehead atoms. The van der Waals surface area contributed by atoms with Gasteiger partial charge in [0.25, 0.3) is 6.04 Å². The number of benzene rings is 2.